The molecule has 1 unspecified atom stereocenters. The number of aromatic nitrogens is 1. The van der Waals surface area contributed by atoms with Gasteiger partial charge in [0.25, 0.3) is 15.9 Å². The van der Waals surface area contributed by atoms with E-state index in [2.05, 4.69) is 17.0 Å². The number of Topliss-reactive ketones (excluding diaryl/α,β-unsaturated/α-hetero) is 1. The quantitative estimate of drug-likeness (QED) is 0.0346. The molecule has 0 saturated heterocycles. The minimum Gasteiger partial charge on any atom is -0.470 e. The summed E-state index contributed by atoms with van der Waals surface area (Å²) < 4.78 is 90.8. The lowest BCUT2D eigenvalue weighted by atomic mass is 9.94. The number of amides is 1. The summed E-state index contributed by atoms with van der Waals surface area (Å²) in [5.41, 5.74) is 0.985. The fourth-order valence-electron chi connectivity index (χ4n) is 8.00. The number of para-hydroxylation sites is 1. The second-order valence-electron chi connectivity index (χ2n) is 16.8. The van der Waals surface area contributed by atoms with Gasteiger partial charge in [0.2, 0.25) is 11.9 Å². The second kappa shape index (κ2) is 20.6. The summed E-state index contributed by atoms with van der Waals surface area (Å²) in [5.74, 6) is -2.38. The number of nitrogens with zero attached hydrogens (tertiary/aromatic N) is 1. The normalized spacial score (nSPS) is 14.3. The highest BCUT2D eigenvalue weighted by Gasteiger charge is 2.47. The van der Waals surface area contributed by atoms with Crippen LogP contribution in [0, 0.1) is 0 Å². The van der Waals surface area contributed by atoms with Gasteiger partial charge >= 0.3 is 0 Å². The molecule has 1 amide bonds. The number of anilines is 2. The summed E-state index contributed by atoms with van der Waals surface area (Å²) in [5, 5.41) is 3.14. The molecule has 64 heavy (non-hydrogen) atoms. The highest BCUT2D eigenvalue weighted by atomic mass is 35.5. The van der Waals surface area contributed by atoms with Crippen LogP contribution in [0.4, 0.5) is 11.4 Å². The second-order valence-corrected chi connectivity index (χ2v) is 23.3. The van der Waals surface area contributed by atoms with E-state index in [-0.39, 0.29) is 59.3 Å². The number of halogens is 1. The Kier molecular flexibility index (Phi) is 15.7. The molecule has 1 saturated carbocycles. The van der Waals surface area contributed by atoms with Gasteiger partial charge < -0.3 is 14.6 Å². The number of ether oxygens (including phenoxy) is 1. The zero-order valence-electron chi connectivity index (χ0n) is 36.9. The van der Waals surface area contributed by atoms with Crippen molar-refractivity contribution in [1.29, 1.82) is 0 Å². The summed E-state index contributed by atoms with van der Waals surface area (Å²) in [6.45, 7) is 5.67. The van der Waals surface area contributed by atoms with E-state index in [1.165, 1.54) is 93.6 Å². The number of ketones is 1. The van der Waals surface area contributed by atoms with Crippen molar-refractivity contribution in [2.24, 2.45) is 7.05 Å². The predicted octanol–water partition coefficient (Wildman–Crippen LogP) is 10.4. The molecule has 0 bridgehead atoms. The van der Waals surface area contributed by atoms with E-state index >= 15 is 4.79 Å². The average Bonchev–Trinajstić information content (AvgIpc) is 3.95. The monoisotopic (exact) mass is 951 g/mol. The third-order valence-electron chi connectivity index (χ3n) is 12.0. The molecular formula is C48H58ClN3O9S3. The van der Waals surface area contributed by atoms with Crippen LogP contribution in [0.3, 0.4) is 0 Å². The lowest BCUT2D eigenvalue weighted by molar-refractivity contribution is -0.120. The van der Waals surface area contributed by atoms with Gasteiger partial charge in [-0.05, 0) is 73.9 Å². The summed E-state index contributed by atoms with van der Waals surface area (Å²) >= 11 is 6.67. The fraction of sp³-hybridized carbons (Fsp3) is 0.417. The highest BCUT2D eigenvalue weighted by Crippen LogP contribution is 2.51. The summed E-state index contributed by atoms with van der Waals surface area (Å²) in [6, 6.07) is 22.1. The number of carbonyl (C=O) groups is 2. The largest absolute Gasteiger partial charge is 0.470 e. The number of fused-ring (bicyclic) bond motifs is 1. The maximum atomic E-state index is 15.2. The molecule has 1 aliphatic rings. The SMILES string of the molecule is CCCCCCCCCCCCS(=O)(=O)c1ccc(NC(=O)C(Oc2ccc(S(=O)(=O)CC)cc2NS(=O)(=O)c2ccccc2)C(=O)c2c(C3(C)CC3)n(C)c3ccccc23)c(Cl)c1. The van der Waals surface area contributed by atoms with E-state index in [0.717, 1.165) is 50.1 Å². The average molecular weight is 953 g/mol. The van der Waals surface area contributed by atoms with Crippen molar-refractivity contribution < 1.29 is 39.6 Å². The lowest BCUT2D eigenvalue weighted by Crippen LogP contribution is -2.41. The first-order valence-corrected chi connectivity index (χ1v) is 27.2. The summed E-state index contributed by atoms with van der Waals surface area (Å²) in [7, 11) is -10.1. The molecular weight excluding hydrogens is 894 g/mol. The topological polar surface area (TPSA) is 175 Å². The van der Waals surface area contributed by atoms with Crippen molar-refractivity contribution in [2.45, 2.75) is 124 Å². The number of carbonyl (C=O) groups excluding carboxylic acids is 2. The molecule has 5 aromatic rings. The van der Waals surface area contributed by atoms with Crippen LogP contribution in [0.2, 0.25) is 5.02 Å². The Balaban J connectivity index is 1.32. The molecule has 1 aromatic heterocycles. The van der Waals surface area contributed by atoms with E-state index in [9.17, 15) is 30.0 Å². The number of nitrogens with one attached hydrogen (secondary N) is 2. The smallest absolute Gasteiger partial charge is 0.273 e. The Morgan fingerprint density at radius 2 is 1.31 bits per heavy atom. The van der Waals surface area contributed by atoms with Crippen LogP contribution in [0.5, 0.6) is 5.75 Å². The van der Waals surface area contributed by atoms with Crippen LogP contribution < -0.4 is 14.8 Å². The van der Waals surface area contributed by atoms with Gasteiger partial charge in [0.1, 0.15) is 5.75 Å². The zero-order chi connectivity index (χ0) is 46.3. The van der Waals surface area contributed by atoms with Gasteiger partial charge in [0.05, 0.1) is 48.2 Å². The Hall–Kier alpha value is -4.70. The minimum atomic E-state index is -4.34. The summed E-state index contributed by atoms with van der Waals surface area (Å²) in [4.78, 5) is 29.4. The van der Waals surface area contributed by atoms with Crippen LogP contribution in [0.1, 0.15) is 114 Å². The molecule has 12 nitrogen and oxygen atoms in total. The highest BCUT2D eigenvalue weighted by molar-refractivity contribution is 7.93. The van der Waals surface area contributed by atoms with Gasteiger partial charge in [-0.2, -0.15) is 0 Å². The Morgan fingerprint density at radius 1 is 0.719 bits per heavy atom. The molecule has 4 aromatic carbocycles. The van der Waals surface area contributed by atoms with E-state index in [1.807, 2.05) is 30.7 Å². The fourth-order valence-corrected chi connectivity index (χ4v) is 11.7. The standard InChI is InChI=1S/C48H58ClN3O9S3/c1-5-7-8-9-10-11-12-13-14-20-31-63(57,58)35-25-27-39(38(49)32-35)50-47(54)45(44(53)43-37-23-18-19-24-41(37)52(4)46(43)48(3)29-30-48)61-42-28-26-36(62(55,56)6-2)33-40(42)51-64(59,60)34-21-16-15-17-22-34/h15-19,21-28,32-33,45,51H,5-14,20,29-31H2,1-4H3,(H,50,54). The Bertz CT molecular complexity index is 2820. The molecule has 1 aliphatic carbocycles. The van der Waals surface area contributed by atoms with Crippen molar-refractivity contribution in [3.63, 3.8) is 0 Å². The zero-order valence-corrected chi connectivity index (χ0v) is 40.1. The number of aryl methyl sites for hydroxylation is 1. The molecule has 1 heterocycles. The van der Waals surface area contributed by atoms with Crippen LogP contribution >= 0.6 is 11.6 Å². The molecule has 0 radical (unpaired) electrons. The van der Waals surface area contributed by atoms with Gasteiger partial charge in [-0.3, -0.25) is 14.3 Å². The molecule has 0 spiro atoms. The van der Waals surface area contributed by atoms with Gasteiger partial charge in [0, 0.05) is 29.1 Å². The number of sulfone groups is 2. The van der Waals surface area contributed by atoms with E-state index in [4.69, 9.17) is 16.3 Å². The summed E-state index contributed by atoms with van der Waals surface area (Å²) in [6.07, 6.45) is 10.2. The van der Waals surface area contributed by atoms with Crippen molar-refractivity contribution in [3.05, 3.63) is 107 Å². The van der Waals surface area contributed by atoms with E-state index in [0.29, 0.717) is 17.5 Å². The minimum absolute atomic E-state index is 0.00708. The molecule has 344 valence electrons. The van der Waals surface area contributed by atoms with Gasteiger partial charge in [0.15, 0.2) is 19.7 Å². The van der Waals surface area contributed by atoms with Crippen LogP contribution in [0.25, 0.3) is 10.9 Å². The van der Waals surface area contributed by atoms with Crippen molar-refractivity contribution in [3.8, 4) is 5.75 Å². The van der Waals surface area contributed by atoms with Crippen molar-refractivity contribution in [1.82, 2.24) is 4.57 Å². The molecule has 0 aliphatic heterocycles. The van der Waals surface area contributed by atoms with Gasteiger partial charge in [-0.15, -0.1) is 0 Å². The van der Waals surface area contributed by atoms with Crippen molar-refractivity contribution in [2.75, 3.05) is 21.5 Å². The number of benzene rings is 4. The molecule has 1 atom stereocenters. The van der Waals surface area contributed by atoms with Gasteiger partial charge in [-0.1, -0.05) is 127 Å². The first kappa shape index (κ1) is 48.7. The molecule has 6 rings (SSSR count). The Labute approximate surface area is 383 Å². The number of hydrogen-bond donors (Lipinski definition) is 2. The third-order valence-corrected chi connectivity index (χ3v) is 17.2. The maximum absolute atomic E-state index is 15.2. The van der Waals surface area contributed by atoms with E-state index in [1.54, 1.807) is 18.2 Å². The maximum Gasteiger partial charge on any atom is 0.273 e. The van der Waals surface area contributed by atoms with Crippen molar-refractivity contribution >= 4 is 75.3 Å². The van der Waals surface area contributed by atoms with E-state index < -0.39 is 47.5 Å². The molecule has 2 N–H and O–H groups in total. The third kappa shape index (κ3) is 11.4. The predicted molar refractivity (Wildman–Crippen MR) is 254 cm³/mol. The van der Waals surface area contributed by atoms with Gasteiger partial charge in [-0.25, -0.2) is 25.3 Å². The number of rotatable bonds is 24. The van der Waals surface area contributed by atoms with Crippen LogP contribution in [-0.4, -0.2) is 59.1 Å². The van der Waals surface area contributed by atoms with Crippen LogP contribution in [0.15, 0.2) is 106 Å². The first-order valence-electron chi connectivity index (χ1n) is 22.0. The van der Waals surface area contributed by atoms with Crippen LogP contribution in [-0.2, 0) is 47.0 Å². The molecule has 1 fully saturated rings. The first-order chi connectivity index (χ1) is 30.4. The number of hydrogen-bond acceptors (Lipinski definition) is 9. The number of sulfonamides is 1. The number of unbranched alkanes of at least 4 members (excludes halogenated alkanes) is 9. The molecule has 16 heteroatoms. The Morgan fingerprint density at radius 3 is 1.94 bits per heavy atom. The lowest BCUT2D eigenvalue weighted by Gasteiger charge is -2.22.